The molecule has 1 aliphatic rings. The Hall–Kier alpha value is -1.22. The summed E-state index contributed by atoms with van der Waals surface area (Å²) in [7, 11) is 0. The molecule has 2 rings (SSSR count). The van der Waals surface area contributed by atoms with Gasteiger partial charge in [-0.05, 0) is 44.4 Å². The van der Waals surface area contributed by atoms with Crippen LogP contribution in [0.1, 0.15) is 42.1 Å². The van der Waals surface area contributed by atoms with Gasteiger partial charge in [-0.2, -0.15) is 0 Å². The molecular weight excluding hydrogens is 212 g/mol. The van der Waals surface area contributed by atoms with Crippen LogP contribution in [0, 0.1) is 12.3 Å². The lowest BCUT2D eigenvalue weighted by Gasteiger charge is -2.35. The number of aryl methyl sites for hydroxylation is 1. The topological polar surface area (TPSA) is 42.0 Å². The Morgan fingerprint density at radius 1 is 1.53 bits per heavy atom. The highest BCUT2D eigenvalue weighted by Crippen LogP contribution is 2.33. The lowest BCUT2D eigenvalue weighted by atomic mass is 9.73. The number of Topliss-reactive ketones (excluding diaryl/α,β-unsaturated/α-hetero) is 1. The van der Waals surface area contributed by atoms with Gasteiger partial charge in [-0.3, -0.25) is 9.78 Å². The largest absolute Gasteiger partial charge is 0.316 e. The SMILES string of the molecule is CCC1(C(=O)c2cncc(C)c2)CCCNC1. The number of hydrogen-bond acceptors (Lipinski definition) is 3. The van der Waals surface area contributed by atoms with Crippen LogP contribution in [0.2, 0.25) is 0 Å². The molecule has 1 atom stereocenters. The molecule has 2 heterocycles. The molecule has 1 N–H and O–H groups in total. The van der Waals surface area contributed by atoms with E-state index in [2.05, 4.69) is 17.2 Å². The van der Waals surface area contributed by atoms with E-state index in [-0.39, 0.29) is 11.2 Å². The maximum atomic E-state index is 12.6. The van der Waals surface area contributed by atoms with E-state index in [0.717, 1.165) is 43.5 Å². The van der Waals surface area contributed by atoms with Crippen molar-refractivity contribution in [3.05, 3.63) is 29.6 Å². The van der Waals surface area contributed by atoms with Crippen molar-refractivity contribution >= 4 is 5.78 Å². The molecule has 3 nitrogen and oxygen atoms in total. The molecule has 1 saturated heterocycles. The Labute approximate surface area is 103 Å². The van der Waals surface area contributed by atoms with Crippen LogP contribution < -0.4 is 5.32 Å². The zero-order valence-electron chi connectivity index (χ0n) is 10.6. The number of ketones is 1. The molecule has 0 radical (unpaired) electrons. The van der Waals surface area contributed by atoms with E-state index in [0.29, 0.717) is 0 Å². The second kappa shape index (κ2) is 4.96. The molecule has 1 aromatic rings. The first-order valence-corrected chi connectivity index (χ1v) is 6.35. The summed E-state index contributed by atoms with van der Waals surface area (Å²) in [6.45, 7) is 5.91. The molecule has 1 fully saturated rings. The molecule has 1 aliphatic heterocycles. The second-order valence-electron chi connectivity index (χ2n) is 4.99. The normalized spacial score (nSPS) is 24.6. The van der Waals surface area contributed by atoms with E-state index in [1.165, 1.54) is 0 Å². The lowest BCUT2D eigenvalue weighted by Crippen LogP contribution is -2.45. The molecule has 0 aromatic carbocycles. The number of piperidine rings is 1. The first-order valence-electron chi connectivity index (χ1n) is 6.35. The Kier molecular flexibility index (Phi) is 3.57. The minimum absolute atomic E-state index is 0.215. The van der Waals surface area contributed by atoms with Gasteiger partial charge in [0.1, 0.15) is 0 Å². The minimum Gasteiger partial charge on any atom is -0.316 e. The third-order valence-corrected chi connectivity index (χ3v) is 3.77. The lowest BCUT2D eigenvalue weighted by molar-refractivity contribution is 0.0730. The van der Waals surface area contributed by atoms with Gasteiger partial charge in [-0.15, -0.1) is 0 Å². The number of rotatable bonds is 3. The zero-order valence-corrected chi connectivity index (χ0v) is 10.6. The average molecular weight is 232 g/mol. The van der Waals surface area contributed by atoms with Gasteiger partial charge in [0.2, 0.25) is 0 Å². The quantitative estimate of drug-likeness (QED) is 0.813. The molecule has 92 valence electrons. The van der Waals surface area contributed by atoms with Crippen molar-refractivity contribution in [2.24, 2.45) is 5.41 Å². The van der Waals surface area contributed by atoms with Gasteiger partial charge in [-0.1, -0.05) is 6.92 Å². The monoisotopic (exact) mass is 232 g/mol. The number of carbonyl (C=O) groups is 1. The first-order chi connectivity index (χ1) is 8.18. The molecule has 0 spiro atoms. The summed E-state index contributed by atoms with van der Waals surface area (Å²) in [5, 5.41) is 3.35. The van der Waals surface area contributed by atoms with Gasteiger partial charge in [-0.25, -0.2) is 0 Å². The summed E-state index contributed by atoms with van der Waals surface area (Å²) < 4.78 is 0. The smallest absolute Gasteiger partial charge is 0.171 e. The van der Waals surface area contributed by atoms with Gasteiger partial charge in [0.05, 0.1) is 0 Å². The van der Waals surface area contributed by atoms with Crippen LogP contribution in [-0.2, 0) is 0 Å². The number of carbonyl (C=O) groups excluding carboxylic acids is 1. The zero-order chi connectivity index (χ0) is 12.3. The highest BCUT2D eigenvalue weighted by atomic mass is 16.1. The van der Waals surface area contributed by atoms with E-state index in [1.54, 1.807) is 12.4 Å². The number of hydrogen-bond donors (Lipinski definition) is 1. The third kappa shape index (κ3) is 2.39. The predicted molar refractivity (Wildman–Crippen MR) is 68.1 cm³/mol. The van der Waals surface area contributed by atoms with E-state index in [9.17, 15) is 4.79 Å². The standard InChI is InChI=1S/C14H20N2O/c1-3-14(5-4-6-15-10-14)13(17)12-7-11(2)8-16-9-12/h7-9,15H,3-6,10H2,1-2H3. The summed E-state index contributed by atoms with van der Waals surface area (Å²) >= 11 is 0. The van der Waals surface area contributed by atoms with Gasteiger partial charge in [0.15, 0.2) is 5.78 Å². The van der Waals surface area contributed by atoms with Crippen molar-refractivity contribution < 1.29 is 4.79 Å². The van der Waals surface area contributed by atoms with Crippen LogP contribution in [0.15, 0.2) is 18.5 Å². The van der Waals surface area contributed by atoms with Crippen LogP contribution in [0.3, 0.4) is 0 Å². The van der Waals surface area contributed by atoms with Gasteiger partial charge < -0.3 is 5.32 Å². The van der Waals surface area contributed by atoms with Crippen molar-refractivity contribution in [2.45, 2.75) is 33.1 Å². The van der Waals surface area contributed by atoms with Crippen molar-refractivity contribution in [2.75, 3.05) is 13.1 Å². The van der Waals surface area contributed by atoms with Crippen molar-refractivity contribution in [1.82, 2.24) is 10.3 Å². The fourth-order valence-corrected chi connectivity index (χ4v) is 2.61. The molecule has 17 heavy (non-hydrogen) atoms. The van der Waals surface area contributed by atoms with Crippen LogP contribution in [0.4, 0.5) is 0 Å². The minimum atomic E-state index is -0.215. The number of nitrogens with zero attached hydrogens (tertiary/aromatic N) is 1. The van der Waals surface area contributed by atoms with Crippen LogP contribution >= 0.6 is 0 Å². The Balaban J connectivity index is 2.28. The van der Waals surface area contributed by atoms with E-state index in [1.807, 2.05) is 13.0 Å². The first kappa shape index (κ1) is 12.2. The predicted octanol–water partition coefficient (Wildman–Crippen LogP) is 2.35. The van der Waals surface area contributed by atoms with Crippen molar-refractivity contribution in [3.63, 3.8) is 0 Å². The van der Waals surface area contributed by atoms with Crippen LogP contribution in [0.5, 0.6) is 0 Å². The summed E-state index contributed by atoms with van der Waals surface area (Å²) in [6.07, 6.45) is 6.45. The Bertz CT molecular complexity index is 408. The van der Waals surface area contributed by atoms with E-state index < -0.39 is 0 Å². The van der Waals surface area contributed by atoms with Crippen LogP contribution in [-0.4, -0.2) is 23.9 Å². The summed E-state index contributed by atoms with van der Waals surface area (Å²) in [5.41, 5.74) is 1.59. The maximum Gasteiger partial charge on any atom is 0.171 e. The second-order valence-corrected chi connectivity index (χ2v) is 4.99. The Morgan fingerprint density at radius 3 is 2.94 bits per heavy atom. The fourth-order valence-electron chi connectivity index (χ4n) is 2.61. The molecule has 0 amide bonds. The van der Waals surface area contributed by atoms with Gasteiger partial charge >= 0.3 is 0 Å². The highest BCUT2D eigenvalue weighted by Gasteiger charge is 2.38. The summed E-state index contributed by atoms with van der Waals surface area (Å²) in [5.74, 6) is 0.253. The van der Waals surface area contributed by atoms with Crippen molar-refractivity contribution in [1.29, 1.82) is 0 Å². The molecule has 0 aliphatic carbocycles. The molecule has 0 saturated carbocycles. The third-order valence-electron chi connectivity index (χ3n) is 3.77. The average Bonchev–Trinajstić information content (AvgIpc) is 2.38. The number of pyridine rings is 1. The molecule has 1 aromatic heterocycles. The summed E-state index contributed by atoms with van der Waals surface area (Å²) in [6, 6.07) is 1.95. The summed E-state index contributed by atoms with van der Waals surface area (Å²) in [4.78, 5) is 16.7. The number of nitrogens with one attached hydrogen (secondary N) is 1. The Morgan fingerprint density at radius 2 is 2.35 bits per heavy atom. The van der Waals surface area contributed by atoms with Crippen molar-refractivity contribution in [3.8, 4) is 0 Å². The molecule has 3 heteroatoms. The van der Waals surface area contributed by atoms with Gasteiger partial charge in [0.25, 0.3) is 0 Å². The molecular formula is C14H20N2O. The van der Waals surface area contributed by atoms with Crippen LogP contribution in [0.25, 0.3) is 0 Å². The van der Waals surface area contributed by atoms with E-state index in [4.69, 9.17) is 0 Å². The number of aromatic nitrogens is 1. The highest BCUT2D eigenvalue weighted by molar-refractivity contribution is 6.00. The fraction of sp³-hybridized carbons (Fsp3) is 0.571. The molecule has 1 unspecified atom stereocenters. The van der Waals surface area contributed by atoms with E-state index >= 15 is 0 Å². The molecule has 0 bridgehead atoms. The maximum absolute atomic E-state index is 12.6. The van der Waals surface area contributed by atoms with Gasteiger partial charge in [0, 0.05) is 29.9 Å².